The molecule has 4 heteroatoms. The summed E-state index contributed by atoms with van der Waals surface area (Å²) in [5, 5.41) is 9.53. The number of hydrogen-bond donors (Lipinski definition) is 1. The van der Waals surface area contributed by atoms with Crippen LogP contribution in [-0.2, 0) is 17.6 Å². The van der Waals surface area contributed by atoms with Crippen LogP contribution in [0.2, 0.25) is 5.02 Å². The first-order chi connectivity index (χ1) is 12.0. The van der Waals surface area contributed by atoms with Crippen molar-refractivity contribution in [3.8, 4) is 11.3 Å². The van der Waals surface area contributed by atoms with Gasteiger partial charge in [0.05, 0.1) is 12.1 Å². The highest BCUT2D eigenvalue weighted by atomic mass is 35.5. The molecular weight excluding hydrogens is 334 g/mol. The maximum Gasteiger partial charge on any atom is 0.307 e. The van der Waals surface area contributed by atoms with Crippen molar-refractivity contribution >= 4 is 17.6 Å². The number of rotatable bonds is 5. The van der Waals surface area contributed by atoms with Gasteiger partial charge in [0.2, 0.25) is 0 Å². The second-order valence-electron chi connectivity index (χ2n) is 6.08. The molecule has 0 saturated heterocycles. The minimum Gasteiger partial charge on any atom is -0.481 e. The van der Waals surface area contributed by atoms with Crippen molar-refractivity contribution in [2.45, 2.75) is 19.8 Å². The highest BCUT2D eigenvalue weighted by Gasteiger charge is 2.06. The summed E-state index contributed by atoms with van der Waals surface area (Å²) >= 11 is 6.09. The van der Waals surface area contributed by atoms with Gasteiger partial charge in [0.15, 0.2) is 0 Å². The van der Waals surface area contributed by atoms with Gasteiger partial charge in [-0.15, -0.1) is 0 Å². The number of aromatic nitrogens is 1. The van der Waals surface area contributed by atoms with Gasteiger partial charge in [-0.1, -0.05) is 48.0 Å². The van der Waals surface area contributed by atoms with E-state index < -0.39 is 5.97 Å². The Morgan fingerprint density at radius 3 is 2.40 bits per heavy atom. The zero-order valence-electron chi connectivity index (χ0n) is 13.9. The monoisotopic (exact) mass is 351 g/mol. The Balaban J connectivity index is 1.84. The molecule has 3 nitrogen and oxygen atoms in total. The fourth-order valence-corrected chi connectivity index (χ4v) is 3.01. The van der Waals surface area contributed by atoms with E-state index in [2.05, 4.69) is 17.1 Å². The summed E-state index contributed by atoms with van der Waals surface area (Å²) in [6, 6.07) is 19.5. The second-order valence-corrected chi connectivity index (χ2v) is 6.51. The molecule has 0 unspecified atom stereocenters. The molecule has 2 aromatic carbocycles. The van der Waals surface area contributed by atoms with Gasteiger partial charge in [0, 0.05) is 16.3 Å². The van der Waals surface area contributed by atoms with Crippen LogP contribution in [0.4, 0.5) is 0 Å². The molecule has 0 aliphatic heterocycles. The lowest BCUT2D eigenvalue weighted by atomic mass is 10.0. The molecule has 1 heterocycles. The molecule has 0 aliphatic carbocycles. The van der Waals surface area contributed by atoms with E-state index in [9.17, 15) is 4.79 Å². The molecule has 0 bridgehead atoms. The number of pyridine rings is 1. The molecule has 25 heavy (non-hydrogen) atoms. The van der Waals surface area contributed by atoms with Crippen LogP contribution in [0.3, 0.4) is 0 Å². The normalized spacial score (nSPS) is 10.6. The first kappa shape index (κ1) is 17.2. The Bertz CT molecular complexity index is 904. The van der Waals surface area contributed by atoms with Crippen molar-refractivity contribution in [3.63, 3.8) is 0 Å². The molecule has 0 amide bonds. The van der Waals surface area contributed by atoms with Crippen LogP contribution in [0.15, 0.2) is 60.7 Å². The van der Waals surface area contributed by atoms with Crippen LogP contribution in [0.1, 0.15) is 22.4 Å². The van der Waals surface area contributed by atoms with Gasteiger partial charge in [0.25, 0.3) is 0 Å². The first-order valence-corrected chi connectivity index (χ1v) is 8.40. The van der Waals surface area contributed by atoms with E-state index >= 15 is 0 Å². The third-order valence-corrected chi connectivity index (χ3v) is 4.16. The summed E-state index contributed by atoms with van der Waals surface area (Å²) in [6.45, 7) is 1.98. The maximum atomic E-state index is 10.8. The van der Waals surface area contributed by atoms with E-state index in [4.69, 9.17) is 16.7 Å². The molecular formula is C21H18ClNO2. The molecule has 0 saturated carbocycles. The van der Waals surface area contributed by atoms with E-state index in [-0.39, 0.29) is 6.42 Å². The van der Waals surface area contributed by atoms with Crippen molar-refractivity contribution in [1.82, 2.24) is 4.98 Å². The SMILES string of the molecule is Cc1cc(Cc2ccc(CC(=O)O)cc2)cc(-c2cccc(Cl)c2)n1. The van der Waals surface area contributed by atoms with E-state index in [1.807, 2.05) is 55.5 Å². The lowest BCUT2D eigenvalue weighted by Crippen LogP contribution is -2.00. The summed E-state index contributed by atoms with van der Waals surface area (Å²) in [5.74, 6) is -0.816. The van der Waals surface area contributed by atoms with Gasteiger partial charge in [-0.2, -0.15) is 0 Å². The molecule has 1 aromatic heterocycles. The van der Waals surface area contributed by atoms with Gasteiger partial charge in [-0.3, -0.25) is 9.78 Å². The Morgan fingerprint density at radius 2 is 1.72 bits per heavy atom. The largest absolute Gasteiger partial charge is 0.481 e. The molecule has 0 atom stereocenters. The summed E-state index contributed by atoms with van der Waals surface area (Å²) in [5.41, 5.74) is 5.95. The molecule has 126 valence electrons. The number of carboxylic acids is 1. The van der Waals surface area contributed by atoms with E-state index in [0.29, 0.717) is 5.02 Å². The van der Waals surface area contributed by atoms with Crippen molar-refractivity contribution in [2.75, 3.05) is 0 Å². The van der Waals surface area contributed by atoms with E-state index in [1.54, 1.807) is 0 Å². The fraction of sp³-hybridized carbons (Fsp3) is 0.143. The molecule has 3 aromatic rings. The number of nitrogens with zero attached hydrogens (tertiary/aromatic N) is 1. The van der Waals surface area contributed by atoms with Gasteiger partial charge in [-0.05, 0) is 54.3 Å². The highest BCUT2D eigenvalue weighted by molar-refractivity contribution is 6.30. The highest BCUT2D eigenvalue weighted by Crippen LogP contribution is 2.23. The number of halogens is 1. The van der Waals surface area contributed by atoms with Gasteiger partial charge < -0.3 is 5.11 Å². The molecule has 0 fully saturated rings. The Hall–Kier alpha value is -2.65. The molecule has 0 spiro atoms. The summed E-state index contributed by atoms with van der Waals surface area (Å²) in [7, 11) is 0. The van der Waals surface area contributed by atoms with Crippen LogP contribution in [-0.4, -0.2) is 16.1 Å². The summed E-state index contributed by atoms with van der Waals surface area (Å²) < 4.78 is 0. The predicted octanol–water partition coefficient (Wildman–Crippen LogP) is 4.93. The molecule has 1 N–H and O–H groups in total. The maximum absolute atomic E-state index is 10.8. The number of benzene rings is 2. The third-order valence-electron chi connectivity index (χ3n) is 3.92. The van der Waals surface area contributed by atoms with E-state index in [0.717, 1.165) is 40.1 Å². The zero-order chi connectivity index (χ0) is 17.8. The summed E-state index contributed by atoms with van der Waals surface area (Å²) in [4.78, 5) is 15.4. The smallest absolute Gasteiger partial charge is 0.307 e. The number of aryl methyl sites for hydroxylation is 1. The number of carbonyl (C=O) groups is 1. The zero-order valence-corrected chi connectivity index (χ0v) is 14.6. The molecule has 3 rings (SSSR count). The van der Waals surface area contributed by atoms with Crippen LogP contribution >= 0.6 is 11.6 Å². The minimum absolute atomic E-state index is 0.0492. The lowest BCUT2D eigenvalue weighted by Gasteiger charge is -2.08. The van der Waals surface area contributed by atoms with Crippen LogP contribution in [0.5, 0.6) is 0 Å². The first-order valence-electron chi connectivity index (χ1n) is 8.03. The molecule has 0 radical (unpaired) electrons. The van der Waals surface area contributed by atoms with Gasteiger partial charge >= 0.3 is 5.97 Å². The van der Waals surface area contributed by atoms with E-state index in [1.165, 1.54) is 0 Å². The molecule has 0 aliphatic rings. The summed E-state index contributed by atoms with van der Waals surface area (Å²) in [6.07, 6.45) is 0.817. The average molecular weight is 352 g/mol. The van der Waals surface area contributed by atoms with Crippen molar-refractivity contribution in [1.29, 1.82) is 0 Å². The quantitative estimate of drug-likeness (QED) is 0.709. The van der Waals surface area contributed by atoms with Gasteiger partial charge in [0.1, 0.15) is 0 Å². The van der Waals surface area contributed by atoms with Crippen LogP contribution in [0.25, 0.3) is 11.3 Å². The van der Waals surface area contributed by atoms with Crippen molar-refractivity contribution in [3.05, 3.63) is 88.1 Å². The fourth-order valence-electron chi connectivity index (χ4n) is 2.82. The topological polar surface area (TPSA) is 50.2 Å². The second kappa shape index (κ2) is 7.49. The van der Waals surface area contributed by atoms with Crippen molar-refractivity contribution < 1.29 is 9.90 Å². The van der Waals surface area contributed by atoms with Gasteiger partial charge in [-0.25, -0.2) is 0 Å². The minimum atomic E-state index is -0.816. The number of aliphatic carboxylic acids is 1. The lowest BCUT2D eigenvalue weighted by molar-refractivity contribution is -0.136. The third kappa shape index (κ3) is 4.68. The number of hydrogen-bond acceptors (Lipinski definition) is 2. The Labute approximate surface area is 151 Å². The van der Waals surface area contributed by atoms with Crippen LogP contribution in [0, 0.1) is 6.92 Å². The Morgan fingerprint density at radius 1 is 1.00 bits per heavy atom. The van der Waals surface area contributed by atoms with Crippen LogP contribution < -0.4 is 0 Å². The number of carboxylic acid groups (broad SMARTS) is 1. The average Bonchev–Trinajstić information content (AvgIpc) is 2.56. The Kier molecular flexibility index (Phi) is 5.15. The standard InChI is InChI=1S/C21H18ClNO2/c1-14-9-17(10-15-5-7-16(8-6-15)12-21(24)25)11-20(23-14)18-3-2-4-19(22)13-18/h2-9,11,13H,10,12H2,1H3,(H,24,25). The predicted molar refractivity (Wildman–Crippen MR) is 100 cm³/mol. The van der Waals surface area contributed by atoms with Crippen molar-refractivity contribution in [2.24, 2.45) is 0 Å².